The predicted octanol–water partition coefficient (Wildman–Crippen LogP) is 2.19. The molecular formula is C18H16N2O3. The number of carbonyl (C=O) groups is 2. The fourth-order valence-corrected chi connectivity index (χ4v) is 3.45. The van der Waals surface area contributed by atoms with Crippen LogP contribution in [0.15, 0.2) is 46.1 Å². The Morgan fingerprint density at radius 2 is 1.87 bits per heavy atom. The SMILES string of the molecule is C=C1C=C(C)C2=C(N1)C(=O)c1c(c(C)cc(=O)n1C1CC1)C2=O. The monoisotopic (exact) mass is 308 g/mol. The van der Waals surface area contributed by atoms with E-state index in [0.29, 0.717) is 22.4 Å². The summed E-state index contributed by atoms with van der Waals surface area (Å²) >= 11 is 0. The van der Waals surface area contributed by atoms with E-state index in [1.807, 2.05) is 0 Å². The van der Waals surface area contributed by atoms with Crippen LogP contribution in [0.1, 0.15) is 52.2 Å². The molecule has 1 aliphatic heterocycles. The minimum atomic E-state index is -0.295. The molecule has 0 aromatic carbocycles. The molecule has 1 aromatic rings. The molecule has 0 spiro atoms. The summed E-state index contributed by atoms with van der Waals surface area (Å²) in [6, 6.07) is 1.49. The Balaban J connectivity index is 2.06. The summed E-state index contributed by atoms with van der Waals surface area (Å²) in [5, 5.41) is 2.92. The molecule has 1 aromatic heterocycles. The van der Waals surface area contributed by atoms with Crippen LogP contribution in [0.4, 0.5) is 0 Å². The number of fused-ring (bicyclic) bond motifs is 1. The van der Waals surface area contributed by atoms with Crippen LogP contribution in [-0.4, -0.2) is 16.1 Å². The van der Waals surface area contributed by atoms with Crippen molar-refractivity contribution in [3.05, 3.63) is 68.4 Å². The van der Waals surface area contributed by atoms with Crippen LogP contribution >= 0.6 is 0 Å². The first kappa shape index (κ1) is 13.9. The smallest absolute Gasteiger partial charge is 0.251 e. The van der Waals surface area contributed by atoms with Gasteiger partial charge in [0, 0.05) is 17.8 Å². The van der Waals surface area contributed by atoms with Crippen LogP contribution in [0.25, 0.3) is 0 Å². The highest BCUT2D eigenvalue weighted by atomic mass is 16.1. The molecule has 5 nitrogen and oxygen atoms in total. The number of nitrogens with zero attached hydrogens (tertiary/aromatic N) is 1. The molecule has 0 amide bonds. The van der Waals surface area contributed by atoms with Crippen molar-refractivity contribution in [2.24, 2.45) is 0 Å². The molecule has 116 valence electrons. The van der Waals surface area contributed by atoms with E-state index in [4.69, 9.17) is 0 Å². The number of carbonyl (C=O) groups excluding carboxylic acids is 2. The molecule has 2 aliphatic carbocycles. The number of pyridine rings is 1. The fraction of sp³-hybridized carbons (Fsp3) is 0.278. The first-order chi connectivity index (χ1) is 10.9. The lowest BCUT2D eigenvalue weighted by atomic mass is 9.83. The zero-order valence-electron chi connectivity index (χ0n) is 13.0. The molecule has 0 radical (unpaired) electrons. The Labute approximate surface area is 133 Å². The molecule has 0 atom stereocenters. The lowest BCUT2D eigenvalue weighted by Gasteiger charge is -2.28. The quantitative estimate of drug-likeness (QED) is 0.863. The molecular weight excluding hydrogens is 292 g/mol. The zero-order chi connectivity index (χ0) is 16.5. The van der Waals surface area contributed by atoms with Crippen molar-refractivity contribution in [1.29, 1.82) is 0 Å². The molecule has 3 aliphatic rings. The van der Waals surface area contributed by atoms with Gasteiger partial charge in [0.2, 0.25) is 5.78 Å². The summed E-state index contributed by atoms with van der Waals surface area (Å²) in [7, 11) is 0. The Kier molecular flexibility index (Phi) is 2.67. The van der Waals surface area contributed by atoms with Gasteiger partial charge in [0.25, 0.3) is 5.56 Å². The molecule has 2 heterocycles. The van der Waals surface area contributed by atoms with E-state index >= 15 is 0 Å². The average Bonchev–Trinajstić information content (AvgIpc) is 3.27. The van der Waals surface area contributed by atoms with Gasteiger partial charge in [-0.1, -0.05) is 6.58 Å². The van der Waals surface area contributed by atoms with Gasteiger partial charge >= 0.3 is 0 Å². The number of rotatable bonds is 1. The highest BCUT2D eigenvalue weighted by Crippen LogP contribution is 2.39. The summed E-state index contributed by atoms with van der Waals surface area (Å²) < 4.78 is 1.50. The maximum atomic E-state index is 13.0. The summed E-state index contributed by atoms with van der Waals surface area (Å²) in [5.41, 5.74) is 2.86. The van der Waals surface area contributed by atoms with Crippen molar-refractivity contribution < 1.29 is 9.59 Å². The predicted molar refractivity (Wildman–Crippen MR) is 85.4 cm³/mol. The number of aromatic nitrogens is 1. The second-order valence-corrected chi connectivity index (χ2v) is 6.38. The Morgan fingerprint density at radius 3 is 2.52 bits per heavy atom. The summed E-state index contributed by atoms with van der Waals surface area (Å²) in [4.78, 5) is 38.4. The summed E-state index contributed by atoms with van der Waals surface area (Å²) in [5.74, 6) is -0.494. The van der Waals surface area contributed by atoms with Gasteiger partial charge in [-0.15, -0.1) is 0 Å². The van der Waals surface area contributed by atoms with Gasteiger partial charge in [-0.25, -0.2) is 0 Å². The number of allylic oxidation sites excluding steroid dienone is 4. The van der Waals surface area contributed by atoms with Gasteiger partial charge in [-0.3, -0.25) is 14.4 Å². The molecule has 23 heavy (non-hydrogen) atoms. The van der Waals surface area contributed by atoms with Crippen molar-refractivity contribution in [1.82, 2.24) is 9.88 Å². The van der Waals surface area contributed by atoms with Crippen molar-refractivity contribution in [3.63, 3.8) is 0 Å². The highest BCUT2D eigenvalue weighted by Gasteiger charge is 2.40. The average molecular weight is 308 g/mol. The number of hydrogen-bond donors (Lipinski definition) is 1. The first-order valence-corrected chi connectivity index (χ1v) is 7.64. The molecule has 4 rings (SSSR count). The van der Waals surface area contributed by atoms with E-state index in [9.17, 15) is 14.4 Å². The summed E-state index contributed by atoms with van der Waals surface area (Å²) in [6.45, 7) is 7.33. The van der Waals surface area contributed by atoms with Gasteiger partial charge in [0.05, 0.1) is 11.1 Å². The third-order valence-corrected chi connectivity index (χ3v) is 4.58. The fourth-order valence-electron chi connectivity index (χ4n) is 3.45. The van der Waals surface area contributed by atoms with Crippen molar-refractivity contribution in [3.8, 4) is 0 Å². The van der Waals surface area contributed by atoms with E-state index in [1.54, 1.807) is 19.9 Å². The minimum absolute atomic E-state index is 0.0270. The van der Waals surface area contributed by atoms with Crippen LogP contribution in [0, 0.1) is 6.92 Å². The molecule has 0 unspecified atom stereocenters. The molecule has 5 heteroatoms. The van der Waals surface area contributed by atoms with Crippen LogP contribution in [0.2, 0.25) is 0 Å². The van der Waals surface area contributed by atoms with E-state index in [2.05, 4.69) is 11.9 Å². The highest BCUT2D eigenvalue weighted by molar-refractivity contribution is 6.28. The minimum Gasteiger partial charge on any atom is -0.352 e. The third kappa shape index (κ3) is 1.82. The van der Waals surface area contributed by atoms with E-state index < -0.39 is 0 Å². The largest absolute Gasteiger partial charge is 0.352 e. The van der Waals surface area contributed by atoms with Crippen molar-refractivity contribution >= 4 is 11.6 Å². The number of hydrogen-bond acceptors (Lipinski definition) is 4. The maximum absolute atomic E-state index is 13.0. The summed E-state index contributed by atoms with van der Waals surface area (Å²) in [6.07, 6.45) is 3.48. The Hall–Kier alpha value is -2.69. The number of nitrogens with one attached hydrogen (secondary N) is 1. The van der Waals surface area contributed by atoms with Gasteiger partial charge in [-0.05, 0) is 43.9 Å². The topological polar surface area (TPSA) is 68.2 Å². The molecule has 1 fully saturated rings. The number of aryl methyl sites for hydroxylation is 1. The number of dihydropyridines is 1. The lowest BCUT2D eigenvalue weighted by molar-refractivity contribution is 0.0961. The maximum Gasteiger partial charge on any atom is 0.251 e. The third-order valence-electron chi connectivity index (χ3n) is 4.58. The zero-order valence-corrected chi connectivity index (χ0v) is 13.0. The second-order valence-electron chi connectivity index (χ2n) is 6.38. The Morgan fingerprint density at radius 1 is 1.17 bits per heavy atom. The first-order valence-electron chi connectivity index (χ1n) is 7.64. The molecule has 1 saturated carbocycles. The van der Waals surface area contributed by atoms with Crippen molar-refractivity contribution in [2.75, 3.05) is 0 Å². The van der Waals surface area contributed by atoms with Gasteiger partial charge < -0.3 is 9.88 Å². The van der Waals surface area contributed by atoms with Crippen LogP contribution in [0.5, 0.6) is 0 Å². The molecule has 0 bridgehead atoms. The molecule has 1 N–H and O–H groups in total. The van der Waals surface area contributed by atoms with Gasteiger partial charge in [0.15, 0.2) is 5.78 Å². The van der Waals surface area contributed by atoms with E-state index in [-0.39, 0.29) is 34.6 Å². The standard InChI is InChI=1S/C18H16N2O3/c1-8-6-10(3)19-15-13(8)17(22)14-9(2)7-12(21)20(11-4-5-11)16(14)18(15)23/h6-7,11,19H,3-5H2,1-2H3. The Bertz CT molecular complexity index is 940. The number of ketones is 2. The van der Waals surface area contributed by atoms with Crippen molar-refractivity contribution in [2.45, 2.75) is 32.7 Å². The molecule has 0 saturated heterocycles. The normalized spacial score (nSPS) is 20.1. The van der Waals surface area contributed by atoms with Gasteiger partial charge in [-0.2, -0.15) is 0 Å². The van der Waals surface area contributed by atoms with Gasteiger partial charge in [0.1, 0.15) is 11.4 Å². The number of Topliss-reactive ketones (excluding diaryl/α,β-unsaturated/α-hetero) is 2. The van der Waals surface area contributed by atoms with Crippen LogP contribution < -0.4 is 10.9 Å². The van der Waals surface area contributed by atoms with E-state index in [1.165, 1.54) is 10.6 Å². The second kappa shape index (κ2) is 4.41. The lowest BCUT2D eigenvalue weighted by Crippen LogP contribution is -2.38. The van der Waals surface area contributed by atoms with Crippen LogP contribution in [-0.2, 0) is 0 Å². The van der Waals surface area contributed by atoms with E-state index in [0.717, 1.165) is 18.4 Å². The van der Waals surface area contributed by atoms with Crippen LogP contribution in [0.3, 0.4) is 0 Å².